The molecule has 8 nitrogen and oxygen atoms in total. The molecule has 0 aliphatic carbocycles. The topological polar surface area (TPSA) is 112 Å². The summed E-state index contributed by atoms with van der Waals surface area (Å²) in [4.78, 5) is 24.5. The van der Waals surface area contributed by atoms with Crippen molar-refractivity contribution in [2.45, 2.75) is 11.4 Å². The first-order valence-electron chi connectivity index (χ1n) is 9.93. The van der Waals surface area contributed by atoms with E-state index in [2.05, 4.69) is 5.10 Å². The van der Waals surface area contributed by atoms with Crippen LogP contribution in [0.25, 0.3) is 22.3 Å². The van der Waals surface area contributed by atoms with Gasteiger partial charge in [0.15, 0.2) is 9.84 Å². The smallest absolute Gasteiger partial charge is 0.267 e. The highest BCUT2D eigenvalue weighted by Gasteiger charge is 2.18. The molecular weight excluding hydrogens is 442 g/mol. The Morgan fingerprint density at radius 1 is 0.939 bits per heavy atom. The van der Waals surface area contributed by atoms with E-state index >= 15 is 0 Å². The van der Waals surface area contributed by atoms with Crippen LogP contribution in [0.1, 0.15) is 5.56 Å². The van der Waals surface area contributed by atoms with Gasteiger partial charge in [-0.2, -0.15) is 5.10 Å². The summed E-state index contributed by atoms with van der Waals surface area (Å²) in [5, 5.41) is 15.6. The number of non-ortho nitro benzene ring substituents is 1. The van der Waals surface area contributed by atoms with Crippen LogP contribution in [-0.2, 0) is 16.4 Å². The SMILES string of the molecule is CS(=O)(=O)c1ccc(-c2cnn(Cc3ccccc3)c(=O)c2-c2cccc([N+](=O)[O-])c2)cc1. The Hall–Kier alpha value is -4.11. The quantitative estimate of drug-likeness (QED) is 0.318. The van der Waals surface area contributed by atoms with Gasteiger partial charge in [-0.25, -0.2) is 13.1 Å². The van der Waals surface area contributed by atoms with Gasteiger partial charge in [0, 0.05) is 24.0 Å². The van der Waals surface area contributed by atoms with Gasteiger partial charge in [0.1, 0.15) is 0 Å². The maximum atomic E-state index is 13.5. The standard InChI is InChI=1S/C24H19N3O5S/c1-33(31,32)21-12-10-18(11-13-21)22-15-25-26(16-17-6-3-2-4-7-17)24(28)23(22)19-8-5-9-20(14-19)27(29)30/h2-15H,16H2,1H3. The number of nitro groups is 1. The molecule has 1 heterocycles. The van der Waals surface area contributed by atoms with Gasteiger partial charge in [-0.05, 0) is 28.8 Å². The lowest BCUT2D eigenvalue weighted by molar-refractivity contribution is -0.384. The number of nitrogens with zero attached hydrogens (tertiary/aromatic N) is 3. The summed E-state index contributed by atoms with van der Waals surface area (Å²) in [5.41, 5.74) is 1.96. The molecule has 1 aromatic heterocycles. The van der Waals surface area contributed by atoms with Gasteiger partial charge < -0.3 is 0 Å². The van der Waals surface area contributed by atoms with Gasteiger partial charge in [-0.15, -0.1) is 0 Å². The van der Waals surface area contributed by atoms with Crippen LogP contribution in [0.5, 0.6) is 0 Å². The number of nitro benzene ring substituents is 1. The predicted octanol–water partition coefficient (Wildman–Crippen LogP) is 3.94. The first-order valence-corrected chi connectivity index (χ1v) is 11.8. The Balaban J connectivity index is 1.91. The van der Waals surface area contributed by atoms with E-state index in [4.69, 9.17) is 0 Å². The second-order valence-corrected chi connectivity index (χ2v) is 9.50. The second-order valence-electron chi connectivity index (χ2n) is 7.49. The fraction of sp³-hybridized carbons (Fsp3) is 0.0833. The minimum absolute atomic E-state index is 0.142. The Bertz CT molecular complexity index is 1500. The molecule has 33 heavy (non-hydrogen) atoms. The fourth-order valence-corrected chi connectivity index (χ4v) is 4.14. The highest BCUT2D eigenvalue weighted by Crippen LogP contribution is 2.31. The molecule has 0 saturated heterocycles. The third-order valence-corrected chi connectivity index (χ3v) is 6.29. The molecule has 9 heteroatoms. The second kappa shape index (κ2) is 8.79. The van der Waals surface area contributed by atoms with Crippen molar-refractivity contribution in [2.24, 2.45) is 0 Å². The van der Waals surface area contributed by atoms with Gasteiger partial charge >= 0.3 is 0 Å². The van der Waals surface area contributed by atoms with Gasteiger partial charge in [0.2, 0.25) is 0 Å². The van der Waals surface area contributed by atoms with E-state index in [0.29, 0.717) is 16.7 Å². The van der Waals surface area contributed by atoms with Crippen molar-refractivity contribution in [3.63, 3.8) is 0 Å². The number of sulfone groups is 1. The average molecular weight is 461 g/mol. The number of benzene rings is 3. The molecule has 0 unspecified atom stereocenters. The molecule has 0 N–H and O–H groups in total. The van der Waals surface area contributed by atoms with E-state index in [-0.39, 0.29) is 22.7 Å². The molecule has 166 valence electrons. The highest BCUT2D eigenvalue weighted by molar-refractivity contribution is 7.90. The van der Waals surface area contributed by atoms with Crippen LogP contribution in [0.4, 0.5) is 5.69 Å². The van der Waals surface area contributed by atoms with Gasteiger partial charge in [-0.3, -0.25) is 14.9 Å². The Morgan fingerprint density at radius 3 is 2.27 bits per heavy atom. The summed E-state index contributed by atoms with van der Waals surface area (Å²) in [6.45, 7) is 0.231. The monoisotopic (exact) mass is 461 g/mol. The van der Waals surface area contributed by atoms with Gasteiger partial charge in [0.05, 0.1) is 28.1 Å². The lowest BCUT2D eigenvalue weighted by Crippen LogP contribution is -2.25. The summed E-state index contributed by atoms with van der Waals surface area (Å²) in [7, 11) is -3.39. The molecule has 0 aliphatic rings. The lowest BCUT2D eigenvalue weighted by Gasteiger charge is -2.13. The number of hydrogen-bond acceptors (Lipinski definition) is 6. The third kappa shape index (κ3) is 4.73. The molecule has 3 aromatic carbocycles. The maximum absolute atomic E-state index is 13.5. The van der Waals surface area contributed by atoms with Crippen LogP contribution in [0.2, 0.25) is 0 Å². The molecular formula is C24H19N3O5S. The Kier molecular flexibility index (Phi) is 5.89. The highest BCUT2D eigenvalue weighted by atomic mass is 32.2. The molecule has 0 fully saturated rings. The molecule has 4 aromatic rings. The first-order chi connectivity index (χ1) is 15.7. The van der Waals surface area contributed by atoms with E-state index < -0.39 is 20.3 Å². The maximum Gasteiger partial charge on any atom is 0.275 e. The van der Waals surface area contributed by atoms with Crippen molar-refractivity contribution < 1.29 is 13.3 Å². The molecule has 0 bridgehead atoms. The van der Waals surface area contributed by atoms with E-state index in [1.807, 2.05) is 30.3 Å². The fourth-order valence-electron chi connectivity index (χ4n) is 3.51. The van der Waals surface area contributed by atoms with Crippen molar-refractivity contribution in [3.05, 3.63) is 111 Å². The Labute approximate surface area is 189 Å². The van der Waals surface area contributed by atoms with Crippen molar-refractivity contribution in [2.75, 3.05) is 6.26 Å². The largest absolute Gasteiger partial charge is 0.275 e. The van der Waals surface area contributed by atoms with Crippen molar-refractivity contribution in [3.8, 4) is 22.3 Å². The zero-order valence-corrected chi connectivity index (χ0v) is 18.4. The molecule has 0 atom stereocenters. The van der Waals surface area contributed by atoms with Crippen LogP contribution in [-0.4, -0.2) is 29.4 Å². The number of aromatic nitrogens is 2. The summed E-state index contributed by atoms with van der Waals surface area (Å²) >= 11 is 0. The van der Waals surface area contributed by atoms with Crippen LogP contribution in [0.15, 0.2) is 94.7 Å². The number of rotatable bonds is 6. The van der Waals surface area contributed by atoms with E-state index in [1.54, 1.807) is 18.2 Å². The molecule has 0 saturated carbocycles. The van der Waals surface area contributed by atoms with Crippen LogP contribution >= 0.6 is 0 Å². The summed E-state index contributed by atoms with van der Waals surface area (Å²) < 4.78 is 24.9. The first kappa shape index (κ1) is 22.1. The summed E-state index contributed by atoms with van der Waals surface area (Å²) in [6, 6.07) is 21.3. The Morgan fingerprint density at radius 2 is 1.64 bits per heavy atom. The normalized spacial score (nSPS) is 11.3. The molecule has 0 amide bonds. The van der Waals surface area contributed by atoms with Gasteiger partial charge in [0.25, 0.3) is 11.2 Å². The molecule has 0 radical (unpaired) electrons. The minimum Gasteiger partial charge on any atom is -0.267 e. The van der Waals surface area contributed by atoms with Crippen molar-refractivity contribution in [1.29, 1.82) is 0 Å². The lowest BCUT2D eigenvalue weighted by atomic mass is 9.97. The summed E-state index contributed by atoms with van der Waals surface area (Å²) in [6.07, 6.45) is 2.64. The van der Waals surface area contributed by atoms with E-state index in [1.165, 1.54) is 41.2 Å². The molecule has 0 aliphatic heterocycles. The van der Waals surface area contributed by atoms with Crippen LogP contribution in [0.3, 0.4) is 0 Å². The zero-order valence-electron chi connectivity index (χ0n) is 17.6. The summed E-state index contributed by atoms with van der Waals surface area (Å²) in [5.74, 6) is 0. The van der Waals surface area contributed by atoms with Crippen molar-refractivity contribution >= 4 is 15.5 Å². The predicted molar refractivity (Wildman–Crippen MR) is 125 cm³/mol. The van der Waals surface area contributed by atoms with Gasteiger partial charge in [-0.1, -0.05) is 54.6 Å². The molecule has 4 rings (SSSR count). The molecule has 0 spiro atoms. The van der Waals surface area contributed by atoms with E-state index in [0.717, 1.165) is 11.8 Å². The minimum atomic E-state index is -3.39. The third-order valence-electron chi connectivity index (χ3n) is 5.16. The van der Waals surface area contributed by atoms with E-state index in [9.17, 15) is 23.3 Å². The van der Waals surface area contributed by atoms with Crippen LogP contribution < -0.4 is 5.56 Å². The average Bonchev–Trinajstić information content (AvgIpc) is 2.80. The zero-order chi connectivity index (χ0) is 23.6. The number of hydrogen-bond donors (Lipinski definition) is 0. The van der Waals surface area contributed by atoms with Crippen molar-refractivity contribution in [1.82, 2.24) is 9.78 Å². The van der Waals surface area contributed by atoms with Crippen LogP contribution in [0, 0.1) is 10.1 Å².